The molecule has 0 amide bonds. The molecular formula is C18H26ClN3O2. The van der Waals surface area contributed by atoms with Gasteiger partial charge in [0.25, 0.3) is 0 Å². The number of nitrogens with one attached hydrogen (secondary N) is 1. The molecule has 6 heteroatoms. The number of benzene rings is 1. The van der Waals surface area contributed by atoms with Crippen LogP contribution in [0.15, 0.2) is 30.5 Å². The third-order valence-corrected chi connectivity index (χ3v) is 4.36. The topological polar surface area (TPSA) is 57.6 Å². The Labute approximate surface area is 149 Å². The number of aromatic nitrogens is 1. The van der Waals surface area contributed by atoms with Gasteiger partial charge in [0.15, 0.2) is 0 Å². The van der Waals surface area contributed by atoms with Crippen molar-refractivity contribution < 1.29 is 9.84 Å². The van der Waals surface area contributed by atoms with E-state index < -0.39 is 6.10 Å². The summed E-state index contributed by atoms with van der Waals surface area (Å²) in [6.45, 7) is 3.43. The number of piperidine rings is 1. The first kappa shape index (κ1) is 18.8. The van der Waals surface area contributed by atoms with E-state index in [9.17, 15) is 5.11 Å². The Morgan fingerprint density at radius 2 is 2.08 bits per heavy atom. The summed E-state index contributed by atoms with van der Waals surface area (Å²) in [5, 5.41) is 14.7. The minimum absolute atomic E-state index is 0. The van der Waals surface area contributed by atoms with E-state index in [0.717, 1.165) is 42.0 Å². The molecule has 3 rings (SSSR count). The van der Waals surface area contributed by atoms with Crippen LogP contribution in [-0.2, 0) is 0 Å². The van der Waals surface area contributed by atoms with Crippen LogP contribution < -0.4 is 10.1 Å². The Morgan fingerprint density at radius 3 is 2.83 bits per heavy atom. The molecule has 0 bridgehead atoms. The summed E-state index contributed by atoms with van der Waals surface area (Å²) in [7, 11) is 1.66. The zero-order valence-electron chi connectivity index (χ0n) is 14.1. The fourth-order valence-electron chi connectivity index (χ4n) is 3.15. The lowest BCUT2D eigenvalue weighted by molar-refractivity contribution is 0.110. The summed E-state index contributed by atoms with van der Waals surface area (Å²) < 4.78 is 5.35. The van der Waals surface area contributed by atoms with Gasteiger partial charge in [-0.25, -0.2) is 0 Å². The molecule has 2 aromatic rings. The molecule has 0 saturated carbocycles. The van der Waals surface area contributed by atoms with Crippen molar-refractivity contribution in [3.8, 4) is 5.75 Å². The molecule has 2 heterocycles. The van der Waals surface area contributed by atoms with Gasteiger partial charge in [-0.2, -0.15) is 0 Å². The molecule has 5 nitrogen and oxygen atoms in total. The molecule has 1 unspecified atom stereocenters. The second-order valence-electron chi connectivity index (χ2n) is 6.15. The predicted octanol–water partition coefficient (Wildman–Crippen LogP) is 2.92. The van der Waals surface area contributed by atoms with Crippen LogP contribution in [0.2, 0.25) is 0 Å². The standard InChI is InChI=1S/C18H25N3O2.ClH/c1-23-16-10-14-6-5-7-19-18(14)17(11-16)20-12-15(22)13-21-8-3-2-4-9-21;/h5-7,10-11,15,20,22H,2-4,8-9,12-13H2,1H3;1H. The van der Waals surface area contributed by atoms with E-state index in [2.05, 4.69) is 15.2 Å². The molecule has 1 aliphatic rings. The smallest absolute Gasteiger partial charge is 0.121 e. The number of methoxy groups -OCH3 is 1. The van der Waals surface area contributed by atoms with Crippen molar-refractivity contribution in [2.24, 2.45) is 0 Å². The molecule has 1 fully saturated rings. The number of hydrogen-bond acceptors (Lipinski definition) is 5. The van der Waals surface area contributed by atoms with Gasteiger partial charge in [0.1, 0.15) is 5.75 Å². The van der Waals surface area contributed by atoms with Crippen molar-refractivity contribution >= 4 is 29.0 Å². The normalized spacial score (nSPS) is 16.4. The second kappa shape index (κ2) is 9.06. The van der Waals surface area contributed by atoms with Crippen LogP contribution in [-0.4, -0.2) is 54.4 Å². The highest BCUT2D eigenvalue weighted by Crippen LogP contribution is 2.27. The first-order valence-corrected chi connectivity index (χ1v) is 8.33. The molecule has 132 valence electrons. The van der Waals surface area contributed by atoms with E-state index in [1.165, 1.54) is 19.3 Å². The number of aliphatic hydroxyl groups excluding tert-OH is 1. The van der Waals surface area contributed by atoms with Crippen LogP contribution >= 0.6 is 12.4 Å². The number of anilines is 1. The van der Waals surface area contributed by atoms with E-state index in [4.69, 9.17) is 4.74 Å². The molecule has 1 atom stereocenters. The lowest BCUT2D eigenvalue weighted by Crippen LogP contribution is -2.39. The van der Waals surface area contributed by atoms with Crippen molar-refractivity contribution in [2.75, 3.05) is 38.6 Å². The van der Waals surface area contributed by atoms with E-state index >= 15 is 0 Å². The number of hydrogen-bond donors (Lipinski definition) is 2. The van der Waals surface area contributed by atoms with Crippen LogP contribution in [0.3, 0.4) is 0 Å². The Bertz CT molecular complexity index is 647. The highest BCUT2D eigenvalue weighted by molar-refractivity contribution is 5.91. The minimum Gasteiger partial charge on any atom is -0.497 e. The molecule has 24 heavy (non-hydrogen) atoms. The number of pyridine rings is 1. The van der Waals surface area contributed by atoms with Gasteiger partial charge in [-0.3, -0.25) is 4.98 Å². The number of nitrogens with zero attached hydrogens (tertiary/aromatic N) is 2. The Morgan fingerprint density at radius 1 is 1.29 bits per heavy atom. The minimum atomic E-state index is -0.391. The maximum atomic E-state index is 10.3. The monoisotopic (exact) mass is 351 g/mol. The van der Waals surface area contributed by atoms with Crippen LogP contribution in [0.1, 0.15) is 19.3 Å². The van der Waals surface area contributed by atoms with Gasteiger partial charge in [-0.05, 0) is 38.1 Å². The van der Waals surface area contributed by atoms with Crippen molar-refractivity contribution in [2.45, 2.75) is 25.4 Å². The molecule has 1 aliphatic heterocycles. The van der Waals surface area contributed by atoms with Crippen LogP contribution in [0.25, 0.3) is 10.9 Å². The van der Waals surface area contributed by atoms with Gasteiger partial charge in [0.05, 0.1) is 24.4 Å². The molecule has 1 aromatic heterocycles. The summed E-state index contributed by atoms with van der Waals surface area (Å²) in [6, 6.07) is 7.83. The van der Waals surface area contributed by atoms with E-state index in [0.29, 0.717) is 6.54 Å². The maximum Gasteiger partial charge on any atom is 0.121 e. The number of ether oxygens (including phenoxy) is 1. The highest BCUT2D eigenvalue weighted by Gasteiger charge is 2.15. The van der Waals surface area contributed by atoms with Crippen molar-refractivity contribution in [3.63, 3.8) is 0 Å². The number of aliphatic hydroxyl groups is 1. The summed E-state index contributed by atoms with van der Waals surface area (Å²) in [6.07, 6.45) is 5.18. The molecule has 1 aromatic carbocycles. The average Bonchev–Trinajstić information content (AvgIpc) is 2.60. The molecule has 2 N–H and O–H groups in total. The van der Waals surface area contributed by atoms with Gasteiger partial charge < -0.3 is 20.1 Å². The fraction of sp³-hybridized carbons (Fsp3) is 0.500. The third-order valence-electron chi connectivity index (χ3n) is 4.36. The van der Waals surface area contributed by atoms with Gasteiger partial charge in [0.2, 0.25) is 0 Å². The largest absolute Gasteiger partial charge is 0.497 e. The average molecular weight is 352 g/mol. The van der Waals surface area contributed by atoms with Crippen LogP contribution in [0.5, 0.6) is 5.75 Å². The summed E-state index contributed by atoms with van der Waals surface area (Å²) in [4.78, 5) is 6.79. The first-order chi connectivity index (χ1) is 11.3. The molecule has 0 radical (unpaired) electrons. The fourth-order valence-corrected chi connectivity index (χ4v) is 3.15. The summed E-state index contributed by atoms with van der Waals surface area (Å²) >= 11 is 0. The number of fused-ring (bicyclic) bond motifs is 1. The Hall–Kier alpha value is -1.56. The van der Waals surface area contributed by atoms with Crippen LogP contribution in [0, 0.1) is 0 Å². The quantitative estimate of drug-likeness (QED) is 0.838. The lowest BCUT2D eigenvalue weighted by atomic mass is 10.1. The SMILES string of the molecule is COc1cc(NCC(O)CN2CCCCC2)c2ncccc2c1.Cl. The highest BCUT2D eigenvalue weighted by atomic mass is 35.5. The van der Waals surface area contributed by atoms with E-state index in [-0.39, 0.29) is 12.4 Å². The molecule has 0 aliphatic carbocycles. The first-order valence-electron chi connectivity index (χ1n) is 8.33. The van der Waals surface area contributed by atoms with E-state index in [1.807, 2.05) is 24.3 Å². The molecule has 1 saturated heterocycles. The number of rotatable bonds is 6. The van der Waals surface area contributed by atoms with Crippen LogP contribution in [0.4, 0.5) is 5.69 Å². The Balaban J connectivity index is 0.00000208. The zero-order chi connectivity index (χ0) is 16.1. The van der Waals surface area contributed by atoms with Gasteiger partial charge in [-0.1, -0.05) is 12.5 Å². The summed E-state index contributed by atoms with van der Waals surface area (Å²) in [5.74, 6) is 0.790. The van der Waals surface area contributed by atoms with E-state index in [1.54, 1.807) is 13.3 Å². The number of β-amino-alcohol motifs (C(OH)–C–C–N with tert-alkyl or cyclic N) is 1. The lowest BCUT2D eigenvalue weighted by Gasteiger charge is -2.28. The second-order valence-corrected chi connectivity index (χ2v) is 6.15. The van der Waals surface area contributed by atoms with Crippen molar-refractivity contribution in [3.05, 3.63) is 30.5 Å². The number of likely N-dealkylation sites (tertiary alicyclic amines) is 1. The number of halogens is 1. The third kappa shape index (κ3) is 4.72. The van der Waals surface area contributed by atoms with Crippen molar-refractivity contribution in [1.29, 1.82) is 0 Å². The van der Waals surface area contributed by atoms with Gasteiger partial charge in [-0.15, -0.1) is 12.4 Å². The molecular weight excluding hydrogens is 326 g/mol. The maximum absolute atomic E-state index is 10.3. The van der Waals surface area contributed by atoms with Crippen molar-refractivity contribution in [1.82, 2.24) is 9.88 Å². The van der Waals surface area contributed by atoms with Gasteiger partial charge >= 0.3 is 0 Å². The van der Waals surface area contributed by atoms with Gasteiger partial charge in [0, 0.05) is 30.7 Å². The molecule has 0 spiro atoms. The predicted molar refractivity (Wildman–Crippen MR) is 100 cm³/mol. The zero-order valence-corrected chi connectivity index (χ0v) is 14.9. The summed E-state index contributed by atoms with van der Waals surface area (Å²) in [5.41, 5.74) is 1.80. The Kier molecular flexibility index (Phi) is 7.09.